The third-order valence-corrected chi connectivity index (χ3v) is 3.24. The number of nitrogen functional groups attached to an aromatic ring is 1. The number of hydrazine groups is 1. The number of aromatic nitrogens is 1. The molecular formula is C16H23N5O9. The Labute approximate surface area is 170 Å². The lowest BCUT2D eigenvalue weighted by molar-refractivity contribution is -0.145. The first kappa shape index (κ1) is 26.4. The van der Waals surface area contributed by atoms with Gasteiger partial charge in [0.05, 0.1) is 26.2 Å². The van der Waals surface area contributed by atoms with Crippen molar-refractivity contribution in [1.29, 1.82) is 0 Å². The number of carboxylic acids is 4. The molecule has 0 aliphatic heterocycles. The summed E-state index contributed by atoms with van der Waals surface area (Å²) in [4.78, 5) is 58.9. The van der Waals surface area contributed by atoms with E-state index in [4.69, 9.17) is 26.3 Å². The Kier molecular flexibility index (Phi) is 12.7. The zero-order valence-corrected chi connectivity index (χ0v) is 15.8. The smallest absolute Gasteiger partial charge is 0.317 e. The second-order valence-corrected chi connectivity index (χ2v) is 5.71. The van der Waals surface area contributed by atoms with E-state index < -0.39 is 50.1 Å². The third kappa shape index (κ3) is 13.5. The van der Waals surface area contributed by atoms with Crippen LogP contribution in [0.3, 0.4) is 0 Å². The monoisotopic (exact) mass is 429 g/mol. The van der Waals surface area contributed by atoms with E-state index in [1.807, 2.05) is 5.43 Å². The van der Waals surface area contributed by atoms with Gasteiger partial charge in [-0.15, -0.1) is 0 Å². The summed E-state index contributed by atoms with van der Waals surface area (Å²) in [6, 6.07) is 3.17. The number of carboxylic acid groups (broad SMARTS) is 4. The van der Waals surface area contributed by atoms with Gasteiger partial charge in [-0.25, -0.2) is 5.84 Å². The van der Waals surface area contributed by atoms with Crippen LogP contribution in [0.4, 0.5) is 0 Å². The Hall–Kier alpha value is -3.62. The number of pyridine rings is 1. The second kappa shape index (κ2) is 14.4. The molecule has 0 fully saturated rings. The molecule has 0 bridgehead atoms. The van der Waals surface area contributed by atoms with E-state index in [1.165, 1.54) is 12.4 Å². The number of nitrogens with two attached hydrogens (primary N) is 1. The van der Waals surface area contributed by atoms with Gasteiger partial charge in [-0.2, -0.15) is 0 Å². The van der Waals surface area contributed by atoms with Crippen molar-refractivity contribution in [2.24, 2.45) is 5.84 Å². The minimum absolute atomic E-state index is 0.0703. The van der Waals surface area contributed by atoms with Gasteiger partial charge in [-0.05, 0) is 12.1 Å². The van der Waals surface area contributed by atoms with Crippen molar-refractivity contribution in [3.05, 3.63) is 30.1 Å². The topological polar surface area (TPSA) is 224 Å². The van der Waals surface area contributed by atoms with E-state index in [-0.39, 0.29) is 19.0 Å². The largest absolute Gasteiger partial charge is 0.480 e. The highest BCUT2D eigenvalue weighted by Gasteiger charge is 2.18. The van der Waals surface area contributed by atoms with Crippen LogP contribution in [0.25, 0.3) is 0 Å². The van der Waals surface area contributed by atoms with Crippen molar-refractivity contribution in [1.82, 2.24) is 20.2 Å². The Morgan fingerprint density at radius 3 is 1.37 bits per heavy atom. The summed E-state index contributed by atoms with van der Waals surface area (Å²) >= 11 is 0. The van der Waals surface area contributed by atoms with Crippen molar-refractivity contribution in [3.63, 3.8) is 0 Å². The second-order valence-electron chi connectivity index (χ2n) is 5.71. The standard InChI is InChI=1S/C10H16N2O8.C6H7N3O/c13-7(14)3-11(4-8(15)16)1-2-12(5-9(17)18)6-10(19)20;7-9-6(10)5-1-3-8-4-2-5/h1-6H2,(H,13,14)(H,15,16)(H,17,18)(H,19,20);1-4H,7H2,(H,9,10). The molecule has 14 nitrogen and oxygen atoms in total. The lowest BCUT2D eigenvalue weighted by Crippen LogP contribution is -2.43. The highest BCUT2D eigenvalue weighted by atomic mass is 16.4. The number of nitrogens with one attached hydrogen (secondary N) is 1. The van der Waals surface area contributed by atoms with E-state index in [2.05, 4.69) is 4.98 Å². The fourth-order valence-corrected chi connectivity index (χ4v) is 2.06. The van der Waals surface area contributed by atoms with E-state index >= 15 is 0 Å². The molecule has 0 radical (unpaired) electrons. The molecular weight excluding hydrogens is 406 g/mol. The molecule has 30 heavy (non-hydrogen) atoms. The highest BCUT2D eigenvalue weighted by molar-refractivity contribution is 5.93. The number of hydrogen-bond acceptors (Lipinski definition) is 9. The number of aliphatic carboxylic acids is 4. The van der Waals surface area contributed by atoms with E-state index in [9.17, 15) is 24.0 Å². The predicted molar refractivity (Wildman–Crippen MR) is 99.3 cm³/mol. The van der Waals surface area contributed by atoms with Crippen LogP contribution in [0.5, 0.6) is 0 Å². The van der Waals surface area contributed by atoms with Crippen LogP contribution >= 0.6 is 0 Å². The minimum atomic E-state index is -1.23. The lowest BCUT2D eigenvalue weighted by atomic mass is 10.3. The Morgan fingerprint density at radius 2 is 1.10 bits per heavy atom. The van der Waals surface area contributed by atoms with Crippen LogP contribution in [-0.2, 0) is 19.2 Å². The summed E-state index contributed by atoms with van der Waals surface area (Å²) in [6.45, 7) is -2.25. The molecule has 7 N–H and O–H groups in total. The van der Waals surface area contributed by atoms with Gasteiger partial charge in [0.2, 0.25) is 0 Å². The summed E-state index contributed by atoms with van der Waals surface area (Å²) in [7, 11) is 0. The number of carbonyl (C=O) groups excluding carboxylic acids is 1. The van der Waals surface area contributed by atoms with Gasteiger partial charge in [0.15, 0.2) is 0 Å². The van der Waals surface area contributed by atoms with Gasteiger partial charge < -0.3 is 20.4 Å². The molecule has 0 saturated carbocycles. The van der Waals surface area contributed by atoms with Crippen molar-refractivity contribution >= 4 is 29.8 Å². The maximum absolute atomic E-state index is 10.7. The van der Waals surface area contributed by atoms with E-state index in [0.717, 1.165) is 9.80 Å². The molecule has 0 unspecified atom stereocenters. The van der Waals surface area contributed by atoms with Crippen LogP contribution in [0.1, 0.15) is 10.4 Å². The molecule has 1 aromatic rings. The Morgan fingerprint density at radius 1 is 0.767 bits per heavy atom. The maximum Gasteiger partial charge on any atom is 0.317 e. The highest BCUT2D eigenvalue weighted by Crippen LogP contribution is 1.95. The first-order valence-corrected chi connectivity index (χ1v) is 8.28. The van der Waals surface area contributed by atoms with Crippen LogP contribution in [0.2, 0.25) is 0 Å². The summed E-state index contributed by atoms with van der Waals surface area (Å²) < 4.78 is 0. The first-order chi connectivity index (χ1) is 14.0. The molecule has 1 aromatic heterocycles. The quantitative estimate of drug-likeness (QED) is 0.116. The van der Waals surface area contributed by atoms with Gasteiger partial charge in [-0.1, -0.05) is 0 Å². The SMILES string of the molecule is NNC(=O)c1ccncc1.O=C(O)CN(CCN(CC(=O)O)CC(=O)O)CC(=O)O. The van der Waals surface area contributed by atoms with Crippen LogP contribution < -0.4 is 11.3 Å². The molecule has 0 spiro atoms. The fourth-order valence-electron chi connectivity index (χ4n) is 2.06. The van der Waals surface area contributed by atoms with E-state index in [1.54, 1.807) is 12.1 Å². The van der Waals surface area contributed by atoms with Gasteiger partial charge >= 0.3 is 23.9 Å². The summed E-state index contributed by atoms with van der Waals surface area (Å²) in [5.41, 5.74) is 2.53. The van der Waals surface area contributed by atoms with Crippen molar-refractivity contribution in [2.75, 3.05) is 39.3 Å². The Balaban J connectivity index is 0.000000696. The van der Waals surface area contributed by atoms with Crippen molar-refractivity contribution in [2.45, 2.75) is 0 Å². The van der Waals surface area contributed by atoms with Crippen LogP contribution in [0.15, 0.2) is 24.5 Å². The van der Waals surface area contributed by atoms with Crippen molar-refractivity contribution in [3.8, 4) is 0 Å². The summed E-state index contributed by atoms with van der Waals surface area (Å²) in [5.74, 6) is -0.329. The number of carbonyl (C=O) groups is 5. The Bertz CT molecular complexity index is 661. The minimum Gasteiger partial charge on any atom is -0.480 e. The molecule has 0 aliphatic rings. The first-order valence-electron chi connectivity index (χ1n) is 8.28. The molecule has 1 heterocycles. The molecule has 0 aliphatic carbocycles. The maximum atomic E-state index is 10.7. The lowest BCUT2D eigenvalue weighted by Gasteiger charge is -2.23. The molecule has 0 aromatic carbocycles. The van der Waals surface area contributed by atoms with Gasteiger partial charge in [0.25, 0.3) is 5.91 Å². The average Bonchev–Trinajstić information content (AvgIpc) is 2.64. The summed E-state index contributed by atoms with van der Waals surface area (Å²) in [5, 5.41) is 34.5. The fraction of sp³-hybridized carbons (Fsp3) is 0.375. The molecule has 166 valence electrons. The number of hydrogen-bond donors (Lipinski definition) is 6. The van der Waals surface area contributed by atoms with Gasteiger partial charge in [-0.3, -0.25) is 44.2 Å². The van der Waals surface area contributed by atoms with Gasteiger partial charge in [0.1, 0.15) is 0 Å². The number of amides is 1. The zero-order valence-electron chi connectivity index (χ0n) is 15.8. The predicted octanol–water partition coefficient (Wildman–Crippen LogP) is -2.39. The van der Waals surface area contributed by atoms with Crippen LogP contribution in [-0.4, -0.2) is 104 Å². The zero-order chi connectivity index (χ0) is 23.1. The molecule has 14 heteroatoms. The van der Waals surface area contributed by atoms with E-state index in [0.29, 0.717) is 5.56 Å². The molecule has 0 atom stereocenters. The van der Waals surface area contributed by atoms with Crippen molar-refractivity contribution < 1.29 is 44.4 Å². The number of rotatable bonds is 12. The molecule has 0 saturated heterocycles. The average molecular weight is 429 g/mol. The number of nitrogens with zero attached hydrogens (tertiary/aromatic N) is 3. The third-order valence-electron chi connectivity index (χ3n) is 3.24. The van der Waals surface area contributed by atoms with Crippen LogP contribution in [0, 0.1) is 0 Å². The molecule has 1 amide bonds. The normalized spacial score (nSPS) is 10.1. The van der Waals surface area contributed by atoms with Gasteiger partial charge in [0, 0.05) is 31.0 Å². The summed E-state index contributed by atoms with van der Waals surface area (Å²) in [6.07, 6.45) is 3.06. The molecule has 1 rings (SSSR count).